The van der Waals surface area contributed by atoms with Crippen molar-refractivity contribution in [3.05, 3.63) is 0 Å². The first kappa shape index (κ1) is 17.0. The smallest absolute Gasteiger partial charge is 0.329 e. The van der Waals surface area contributed by atoms with Crippen LogP contribution in [0.2, 0.25) is 0 Å². The molecule has 0 saturated heterocycles. The van der Waals surface area contributed by atoms with Gasteiger partial charge in [-0.25, -0.2) is 4.79 Å². The molecule has 5 heteroatoms. The van der Waals surface area contributed by atoms with Crippen LogP contribution in [0.5, 0.6) is 0 Å². The third-order valence-electron chi connectivity index (χ3n) is 4.20. The molecule has 0 spiro atoms. The van der Waals surface area contributed by atoms with Gasteiger partial charge in [0.2, 0.25) is 5.91 Å². The minimum absolute atomic E-state index is 0.0494. The maximum absolute atomic E-state index is 11.8. The van der Waals surface area contributed by atoms with Crippen molar-refractivity contribution in [1.82, 2.24) is 5.32 Å². The number of nitrogens with one attached hydrogen (secondary N) is 1. The maximum Gasteiger partial charge on any atom is 0.329 e. The Kier molecular flexibility index (Phi) is 6.99. The molecule has 0 heterocycles. The Hall–Kier alpha value is -1.10. The fourth-order valence-corrected chi connectivity index (χ4v) is 2.69. The average molecular weight is 285 g/mol. The first-order valence-corrected chi connectivity index (χ1v) is 7.66. The first-order chi connectivity index (χ1) is 9.54. The number of carbonyl (C=O) groups is 2. The van der Waals surface area contributed by atoms with Crippen molar-refractivity contribution in [3.63, 3.8) is 0 Å². The van der Waals surface area contributed by atoms with E-state index in [-0.39, 0.29) is 12.5 Å². The van der Waals surface area contributed by atoms with Crippen LogP contribution in [0.3, 0.4) is 0 Å². The third-order valence-corrected chi connectivity index (χ3v) is 4.20. The van der Waals surface area contributed by atoms with Gasteiger partial charge < -0.3 is 15.2 Å². The lowest BCUT2D eigenvalue weighted by Crippen LogP contribution is -2.57. The number of rotatable bonds is 8. The summed E-state index contributed by atoms with van der Waals surface area (Å²) in [7, 11) is 0. The van der Waals surface area contributed by atoms with Crippen molar-refractivity contribution in [2.24, 2.45) is 5.92 Å². The van der Waals surface area contributed by atoms with Crippen LogP contribution < -0.4 is 5.32 Å². The van der Waals surface area contributed by atoms with Crippen LogP contribution in [0.1, 0.15) is 58.8 Å². The second-order valence-corrected chi connectivity index (χ2v) is 5.69. The minimum Gasteiger partial charge on any atom is -0.480 e. The Bertz CT molecular complexity index is 322. The van der Waals surface area contributed by atoms with Crippen molar-refractivity contribution in [2.75, 3.05) is 13.2 Å². The predicted octanol–water partition coefficient (Wildman–Crippen LogP) is 2.34. The van der Waals surface area contributed by atoms with Crippen molar-refractivity contribution < 1.29 is 19.4 Å². The molecule has 0 aromatic carbocycles. The van der Waals surface area contributed by atoms with Gasteiger partial charge in [-0.1, -0.05) is 26.7 Å². The minimum atomic E-state index is -1.09. The van der Waals surface area contributed by atoms with Crippen LogP contribution in [-0.4, -0.2) is 35.7 Å². The molecule has 116 valence electrons. The second kappa shape index (κ2) is 8.25. The van der Waals surface area contributed by atoms with E-state index in [1.165, 1.54) is 0 Å². The highest BCUT2D eigenvalue weighted by Crippen LogP contribution is 2.33. The molecule has 0 atom stereocenters. The topological polar surface area (TPSA) is 75.6 Å². The number of carboxylic acid groups (broad SMARTS) is 1. The average Bonchev–Trinajstić information content (AvgIpc) is 2.44. The summed E-state index contributed by atoms with van der Waals surface area (Å²) in [6, 6.07) is 0. The molecule has 1 saturated carbocycles. The first-order valence-electron chi connectivity index (χ1n) is 7.66. The highest BCUT2D eigenvalue weighted by Gasteiger charge is 2.42. The summed E-state index contributed by atoms with van der Waals surface area (Å²) < 4.78 is 5.24. The van der Waals surface area contributed by atoms with Crippen LogP contribution >= 0.6 is 0 Å². The van der Waals surface area contributed by atoms with E-state index < -0.39 is 11.5 Å². The zero-order valence-electron chi connectivity index (χ0n) is 12.6. The Morgan fingerprint density at radius 2 is 1.95 bits per heavy atom. The Morgan fingerprint density at radius 1 is 1.30 bits per heavy atom. The van der Waals surface area contributed by atoms with Gasteiger partial charge in [-0.15, -0.1) is 0 Å². The normalized spacial score (nSPS) is 26.2. The number of ether oxygens (including phenoxy) is 1. The van der Waals surface area contributed by atoms with Gasteiger partial charge in [-0.2, -0.15) is 0 Å². The van der Waals surface area contributed by atoms with Crippen molar-refractivity contribution >= 4 is 11.9 Å². The number of carboxylic acids is 1. The molecule has 1 aliphatic rings. The third kappa shape index (κ3) is 4.78. The van der Waals surface area contributed by atoms with Crippen LogP contribution in [0, 0.1) is 5.92 Å². The van der Waals surface area contributed by atoms with E-state index >= 15 is 0 Å². The monoisotopic (exact) mass is 285 g/mol. The molecule has 0 aromatic heterocycles. The largest absolute Gasteiger partial charge is 0.480 e. The summed E-state index contributed by atoms with van der Waals surface area (Å²) in [6.45, 7) is 4.67. The molecule has 5 nitrogen and oxygen atoms in total. The van der Waals surface area contributed by atoms with Gasteiger partial charge in [0, 0.05) is 6.61 Å². The lowest BCUT2D eigenvalue weighted by atomic mass is 9.75. The molecule has 0 unspecified atom stereocenters. The van der Waals surface area contributed by atoms with Crippen molar-refractivity contribution in [1.29, 1.82) is 0 Å². The van der Waals surface area contributed by atoms with E-state index in [1.807, 2.05) is 0 Å². The van der Waals surface area contributed by atoms with Gasteiger partial charge >= 0.3 is 5.97 Å². The van der Waals surface area contributed by atoms with E-state index in [0.717, 1.165) is 32.1 Å². The van der Waals surface area contributed by atoms with E-state index in [4.69, 9.17) is 4.74 Å². The van der Waals surface area contributed by atoms with Crippen LogP contribution in [0.25, 0.3) is 0 Å². The predicted molar refractivity (Wildman–Crippen MR) is 76.5 cm³/mol. The fourth-order valence-electron chi connectivity index (χ4n) is 2.69. The number of unbranched alkanes of at least 4 members (excludes halogenated alkanes) is 1. The van der Waals surface area contributed by atoms with E-state index in [9.17, 15) is 14.7 Å². The van der Waals surface area contributed by atoms with Gasteiger partial charge in [0.25, 0.3) is 0 Å². The molecule has 1 amide bonds. The summed E-state index contributed by atoms with van der Waals surface area (Å²) in [5.41, 5.74) is -1.09. The molecule has 0 aromatic rings. The number of hydrogen-bond acceptors (Lipinski definition) is 3. The quantitative estimate of drug-likeness (QED) is 0.671. The highest BCUT2D eigenvalue weighted by molar-refractivity contribution is 5.87. The van der Waals surface area contributed by atoms with Crippen LogP contribution in [-0.2, 0) is 14.3 Å². The lowest BCUT2D eigenvalue weighted by Gasteiger charge is -2.37. The maximum atomic E-state index is 11.8. The highest BCUT2D eigenvalue weighted by atomic mass is 16.5. The van der Waals surface area contributed by atoms with E-state index in [2.05, 4.69) is 19.2 Å². The molecule has 0 radical (unpaired) electrons. The van der Waals surface area contributed by atoms with Gasteiger partial charge in [0.1, 0.15) is 12.1 Å². The molecule has 0 bridgehead atoms. The molecule has 0 aliphatic heterocycles. The second-order valence-electron chi connectivity index (χ2n) is 5.69. The number of carbonyl (C=O) groups excluding carboxylic acids is 1. The van der Waals surface area contributed by atoms with E-state index in [0.29, 0.717) is 25.4 Å². The van der Waals surface area contributed by atoms with Crippen molar-refractivity contribution in [3.8, 4) is 0 Å². The van der Waals surface area contributed by atoms with Gasteiger partial charge in [0.05, 0.1) is 0 Å². The summed E-state index contributed by atoms with van der Waals surface area (Å²) in [6.07, 6.45) is 5.75. The molecule has 20 heavy (non-hydrogen) atoms. The zero-order valence-corrected chi connectivity index (χ0v) is 12.6. The molecule has 1 rings (SSSR count). The van der Waals surface area contributed by atoms with Gasteiger partial charge in [-0.05, 0) is 38.0 Å². The van der Waals surface area contributed by atoms with Gasteiger partial charge in [0.15, 0.2) is 0 Å². The molecule has 1 fully saturated rings. The molecular weight excluding hydrogens is 258 g/mol. The van der Waals surface area contributed by atoms with Gasteiger partial charge in [-0.3, -0.25) is 4.79 Å². The lowest BCUT2D eigenvalue weighted by molar-refractivity contribution is -0.150. The number of hydrogen-bond donors (Lipinski definition) is 2. The number of amides is 1. The summed E-state index contributed by atoms with van der Waals surface area (Å²) >= 11 is 0. The molecular formula is C15H27NO4. The standard InChI is InChI=1S/C15H27NO4/c1-3-5-10-20-11-13(17)16-15(14(18)19)8-6-12(4-2)7-9-15/h12H,3-11H2,1-2H3,(H,16,17)(H,18,19). The van der Waals surface area contributed by atoms with E-state index in [1.54, 1.807) is 0 Å². The zero-order chi connectivity index (χ0) is 15.0. The van der Waals surface area contributed by atoms with Crippen LogP contribution in [0.15, 0.2) is 0 Å². The summed E-state index contributed by atoms with van der Waals surface area (Å²) in [5.74, 6) is -0.660. The summed E-state index contributed by atoms with van der Waals surface area (Å²) in [4.78, 5) is 23.4. The Labute approximate surface area is 121 Å². The fraction of sp³-hybridized carbons (Fsp3) is 0.867. The summed E-state index contributed by atoms with van der Waals surface area (Å²) in [5, 5.41) is 12.1. The number of aliphatic carboxylic acids is 1. The Morgan fingerprint density at radius 3 is 2.45 bits per heavy atom. The Balaban J connectivity index is 2.47. The van der Waals surface area contributed by atoms with Crippen molar-refractivity contribution in [2.45, 2.75) is 64.3 Å². The SMILES string of the molecule is CCCCOCC(=O)NC1(C(=O)O)CCC(CC)CC1. The van der Waals surface area contributed by atoms with Crippen LogP contribution in [0.4, 0.5) is 0 Å². The molecule has 2 N–H and O–H groups in total. The molecule has 1 aliphatic carbocycles.